The lowest BCUT2D eigenvalue weighted by molar-refractivity contribution is -0.154. The molecule has 0 N–H and O–H groups in total. The van der Waals surface area contributed by atoms with E-state index in [0.717, 1.165) is 19.3 Å². The standard InChI is InChI=1S/C25H50O2/c1-5-7-9-11-13-14-15-16-17-18-20-22-25(3,4)24(26)27-23-21-19-12-10-8-6-2/h5-23H2,1-4H3. The van der Waals surface area contributed by atoms with E-state index in [1.807, 2.05) is 13.8 Å². The second-order valence-electron chi connectivity index (χ2n) is 9.07. The van der Waals surface area contributed by atoms with Crippen LogP contribution in [-0.4, -0.2) is 12.6 Å². The van der Waals surface area contributed by atoms with Crippen LogP contribution in [0.25, 0.3) is 0 Å². The summed E-state index contributed by atoms with van der Waals surface area (Å²) < 4.78 is 5.52. The molecule has 0 atom stereocenters. The molecule has 0 spiro atoms. The lowest BCUT2D eigenvalue weighted by Crippen LogP contribution is -2.27. The summed E-state index contributed by atoms with van der Waals surface area (Å²) in [6.45, 7) is 9.21. The van der Waals surface area contributed by atoms with Crippen molar-refractivity contribution in [2.75, 3.05) is 6.61 Å². The predicted molar refractivity (Wildman–Crippen MR) is 119 cm³/mol. The van der Waals surface area contributed by atoms with E-state index in [4.69, 9.17) is 4.74 Å². The molecule has 162 valence electrons. The SMILES string of the molecule is CCCCCCCCCCCCCC(C)(C)C(=O)OCCCCCCCC. The molecule has 0 aliphatic carbocycles. The van der Waals surface area contributed by atoms with Crippen LogP contribution < -0.4 is 0 Å². The minimum Gasteiger partial charge on any atom is -0.465 e. The van der Waals surface area contributed by atoms with Gasteiger partial charge in [0.1, 0.15) is 0 Å². The molecule has 2 heteroatoms. The maximum atomic E-state index is 12.3. The van der Waals surface area contributed by atoms with E-state index >= 15 is 0 Å². The molecular weight excluding hydrogens is 332 g/mol. The first-order valence-electron chi connectivity index (χ1n) is 12.2. The maximum absolute atomic E-state index is 12.3. The number of hydrogen-bond acceptors (Lipinski definition) is 2. The molecule has 27 heavy (non-hydrogen) atoms. The zero-order chi connectivity index (χ0) is 20.2. The van der Waals surface area contributed by atoms with Crippen molar-refractivity contribution in [2.45, 2.75) is 143 Å². The fourth-order valence-corrected chi connectivity index (χ4v) is 3.58. The highest BCUT2D eigenvalue weighted by Crippen LogP contribution is 2.26. The predicted octanol–water partition coefficient (Wildman–Crippen LogP) is 8.62. The summed E-state index contributed by atoms with van der Waals surface area (Å²) in [5, 5.41) is 0. The number of carbonyl (C=O) groups excluding carboxylic acids is 1. The summed E-state index contributed by atoms with van der Waals surface area (Å²) in [4.78, 5) is 12.3. The largest absolute Gasteiger partial charge is 0.465 e. The van der Waals surface area contributed by atoms with Crippen LogP contribution in [0, 0.1) is 5.41 Å². The van der Waals surface area contributed by atoms with Gasteiger partial charge in [-0.25, -0.2) is 0 Å². The van der Waals surface area contributed by atoms with Crippen molar-refractivity contribution in [3.8, 4) is 0 Å². The average Bonchev–Trinajstić information content (AvgIpc) is 2.65. The molecule has 0 aromatic rings. The Labute approximate surface area is 171 Å². The van der Waals surface area contributed by atoms with Crippen LogP contribution in [0.1, 0.15) is 143 Å². The van der Waals surface area contributed by atoms with Crippen molar-refractivity contribution in [3.63, 3.8) is 0 Å². The molecule has 2 nitrogen and oxygen atoms in total. The van der Waals surface area contributed by atoms with Crippen LogP contribution in [0.2, 0.25) is 0 Å². The third-order valence-electron chi connectivity index (χ3n) is 5.69. The Morgan fingerprint density at radius 1 is 0.593 bits per heavy atom. The van der Waals surface area contributed by atoms with Gasteiger partial charge in [-0.1, -0.05) is 117 Å². The van der Waals surface area contributed by atoms with E-state index in [1.54, 1.807) is 0 Å². The van der Waals surface area contributed by atoms with Crippen molar-refractivity contribution in [1.82, 2.24) is 0 Å². The fourth-order valence-electron chi connectivity index (χ4n) is 3.58. The summed E-state index contributed by atoms with van der Waals surface area (Å²) >= 11 is 0. The molecule has 0 amide bonds. The van der Waals surface area contributed by atoms with E-state index in [0.29, 0.717) is 6.61 Å². The molecule has 0 aliphatic heterocycles. The van der Waals surface area contributed by atoms with E-state index < -0.39 is 0 Å². The maximum Gasteiger partial charge on any atom is 0.311 e. The number of hydrogen-bond donors (Lipinski definition) is 0. The second-order valence-corrected chi connectivity index (χ2v) is 9.07. The number of esters is 1. The first-order chi connectivity index (χ1) is 13.0. The molecule has 0 fully saturated rings. The van der Waals surface area contributed by atoms with Crippen molar-refractivity contribution >= 4 is 5.97 Å². The van der Waals surface area contributed by atoms with Crippen molar-refractivity contribution < 1.29 is 9.53 Å². The molecule has 0 radical (unpaired) electrons. The lowest BCUT2D eigenvalue weighted by atomic mass is 9.87. The third kappa shape index (κ3) is 17.3. The normalized spacial score (nSPS) is 11.7. The summed E-state index contributed by atoms with van der Waals surface area (Å²) in [6.07, 6.45) is 23.2. The highest BCUT2D eigenvalue weighted by molar-refractivity contribution is 5.75. The van der Waals surface area contributed by atoms with Gasteiger partial charge in [-0.2, -0.15) is 0 Å². The Bertz CT molecular complexity index is 322. The van der Waals surface area contributed by atoms with Gasteiger partial charge >= 0.3 is 5.97 Å². The Balaban J connectivity index is 3.51. The fraction of sp³-hybridized carbons (Fsp3) is 0.960. The smallest absolute Gasteiger partial charge is 0.311 e. The van der Waals surface area contributed by atoms with Gasteiger partial charge in [-0.05, 0) is 26.7 Å². The summed E-state index contributed by atoms with van der Waals surface area (Å²) in [6, 6.07) is 0. The topological polar surface area (TPSA) is 26.3 Å². The lowest BCUT2D eigenvalue weighted by Gasteiger charge is -2.22. The highest BCUT2D eigenvalue weighted by atomic mass is 16.5. The monoisotopic (exact) mass is 382 g/mol. The van der Waals surface area contributed by atoms with Gasteiger partial charge < -0.3 is 4.74 Å². The second kappa shape index (κ2) is 18.8. The number of rotatable bonds is 20. The van der Waals surface area contributed by atoms with Crippen molar-refractivity contribution in [3.05, 3.63) is 0 Å². The molecule has 0 rings (SSSR count). The summed E-state index contributed by atoms with van der Waals surface area (Å²) in [7, 11) is 0. The molecule has 0 aromatic heterocycles. The minimum atomic E-state index is -0.318. The zero-order valence-electron chi connectivity index (χ0n) is 19.3. The van der Waals surface area contributed by atoms with E-state index in [9.17, 15) is 4.79 Å². The first-order valence-corrected chi connectivity index (χ1v) is 12.2. The number of carbonyl (C=O) groups is 1. The molecular formula is C25H50O2. The minimum absolute atomic E-state index is 0.00291. The highest BCUT2D eigenvalue weighted by Gasteiger charge is 2.28. The average molecular weight is 383 g/mol. The van der Waals surface area contributed by atoms with Crippen LogP contribution >= 0.6 is 0 Å². The van der Waals surface area contributed by atoms with Crippen molar-refractivity contribution in [2.24, 2.45) is 5.41 Å². The molecule has 0 unspecified atom stereocenters. The quantitative estimate of drug-likeness (QED) is 0.155. The van der Waals surface area contributed by atoms with Gasteiger partial charge in [-0.15, -0.1) is 0 Å². The van der Waals surface area contributed by atoms with Crippen LogP contribution in [0.4, 0.5) is 0 Å². The third-order valence-corrected chi connectivity index (χ3v) is 5.69. The van der Waals surface area contributed by atoms with Gasteiger partial charge in [-0.3, -0.25) is 4.79 Å². The van der Waals surface area contributed by atoms with Gasteiger partial charge in [0.2, 0.25) is 0 Å². The van der Waals surface area contributed by atoms with Crippen LogP contribution in [-0.2, 0) is 9.53 Å². The van der Waals surface area contributed by atoms with E-state index in [-0.39, 0.29) is 11.4 Å². The van der Waals surface area contributed by atoms with E-state index in [1.165, 1.54) is 96.3 Å². The van der Waals surface area contributed by atoms with Crippen LogP contribution in [0.15, 0.2) is 0 Å². The molecule has 0 saturated carbocycles. The summed E-state index contributed by atoms with van der Waals surface area (Å²) in [5.41, 5.74) is -0.318. The Kier molecular flexibility index (Phi) is 18.4. The molecule has 0 aliphatic rings. The molecule has 0 aromatic carbocycles. The Hall–Kier alpha value is -0.530. The van der Waals surface area contributed by atoms with Gasteiger partial charge in [0.25, 0.3) is 0 Å². The zero-order valence-corrected chi connectivity index (χ0v) is 19.3. The first kappa shape index (κ1) is 26.5. The Morgan fingerprint density at radius 2 is 0.963 bits per heavy atom. The number of unbranched alkanes of at least 4 members (excludes halogenated alkanes) is 15. The molecule has 0 heterocycles. The van der Waals surface area contributed by atoms with Crippen molar-refractivity contribution in [1.29, 1.82) is 0 Å². The van der Waals surface area contributed by atoms with Gasteiger partial charge in [0.05, 0.1) is 12.0 Å². The van der Waals surface area contributed by atoms with E-state index in [2.05, 4.69) is 13.8 Å². The van der Waals surface area contributed by atoms with Crippen LogP contribution in [0.3, 0.4) is 0 Å². The molecule has 0 bridgehead atoms. The molecule has 0 saturated heterocycles. The number of ether oxygens (including phenoxy) is 1. The van der Waals surface area contributed by atoms with Gasteiger partial charge in [0, 0.05) is 0 Å². The van der Waals surface area contributed by atoms with Crippen LogP contribution in [0.5, 0.6) is 0 Å². The Morgan fingerprint density at radius 3 is 1.41 bits per heavy atom. The summed E-state index contributed by atoms with van der Waals surface area (Å²) in [5.74, 6) is 0.00291. The van der Waals surface area contributed by atoms with Gasteiger partial charge in [0.15, 0.2) is 0 Å².